The fourth-order valence-corrected chi connectivity index (χ4v) is 4.62. The van der Waals surface area contributed by atoms with Crippen molar-refractivity contribution in [1.82, 2.24) is 14.3 Å². The van der Waals surface area contributed by atoms with E-state index in [0.29, 0.717) is 49.4 Å². The topological polar surface area (TPSA) is 66.4 Å². The highest BCUT2D eigenvalue weighted by molar-refractivity contribution is 7.89. The van der Waals surface area contributed by atoms with Gasteiger partial charge in [0, 0.05) is 32.1 Å². The molecule has 1 saturated heterocycles. The molecule has 4 rings (SSSR count). The van der Waals surface area contributed by atoms with Crippen molar-refractivity contribution in [2.24, 2.45) is 0 Å². The number of sulfonamides is 1. The maximum atomic E-state index is 14.5. The average Bonchev–Trinajstić information content (AvgIpc) is 3.50. The van der Waals surface area contributed by atoms with Crippen LogP contribution in [0.15, 0.2) is 35.2 Å². The van der Waals surface area contributed by atoms with Gasteiger partial charge in [-0.3, -0.25) is 0 Å². The summed E-state index contributed by atoms with van der Waals surface area (Å²) in [6.07, 6.45) is 2.10. The molecule has 0 unspecified atom stereocenters. The van der Waals surface area contributed by atoms with Crippen LogP contribution < -0.4 is 4.90 Å². The number of aryl methyl sites for hydroxylation is 1. The Kier molecular flexibility index (Phi) is 4.40. The van der Waals surface area contributed by atoms with Crippen LogP contribution in [-0.2, 0) is 10.0 Å². The third-order valence-corrected chi connectivity index (χ3v) is 6.79. The molecule has 1 aromatic heterocycles. The number of aromatic nitrogens is 2. The summed E-state index contributed by atoms with van der Waals surface area (Å²) in [5, 5.41) is 0. The van der Waals surface area contributed by atoms with Crippen LogP contribution in [0.2, 0.25) is 0 Å². The molecule has 1 saturated carbocycles. The lowest BCUT2D eigenvalue weighted by molar-refractivity contribution is 0.381. The zero-order valence-corrected chi connectivity index (χ0v) is 15.4. The van der Waals surface area contributed by atoms with E-state index in [0.717, 1.165) is 12.8 Å². The molecule has 2 fully saturated rings. The first kappa shape index (κ1) is 17.4. The summed E-state index contributed by atoms with van der Waals surface area (Å²) >= 11 is 0. The van der Waals surface area contributed by atoms with E-state index in [2.05, 4.69) is 9.97 Å². The van der Waals surface area contributed by atoms with Crippen LogP contribution in [0, 0.1) is 12.7 Å². The Labute approximate surface area is 152 Å². The molecule has 2 heterocycles. The average molecular weight is 376 g/mol. The van der Waals surface area contributed by atoms with Gasteiger partial charge in [0.15, 0.2) is 11.6 Å². The number of rotatable bonds is 4. The molecule has 138 valence electrons. The van der Waals surface area contributed by atoms with E-state index in [1.165, 1.54) is 4.31 Å². The minimum atomic E-state index is -3.52. The van der Waals surface area contributed by atoms with Crippen molar-refractivity contribution >= 4 is 15.8 Å². The van der Waals surface area contributed by atoms with Crippen molar-refractivity contribution in [2.45, 2.75) is 30.6 Å². The fraction of sp³-hybridized carbons (Fsp3) is 0.444. The molecule has 0 amide bonds. The number of piperazine rings is 1. The molecule has 2 aliphatic rings. The Morgan fingerprint density at radius 2 is 1.69 bits per heavy atom. The van der Waals surface area contributed by atoms with Crippen molar-refractivity contribution < 1.29 is 12.8 Å². The lowest BCUT2D eigenvalue weighted by Gasteiger charge is -2.35. The number of anilines is 1. The minimum Gasteiger partial charge on any atom is -0.351 e. The van der Waals surface area contributed by atoms with E-state index in [1.807, 2.05) is 4.90 Å². The Balaban J connectivity index is 1.52. The van der Waals surface area contributed by atoms with Gasteiger partial charge in [0.05, 0.1) is 10.6 Å². The normalized spacial score (nSPS) is 18.9. The first-order valence-corrected chi connectivity index (χ1v) is 10.2. The van der Waals surface area contributed by atoms with Crippen LogP contribution in [0.3, 0.4) is 0 Å². The molecular formula is C18H21FN4O2S. The van der Waals surface area contributed by atoms with E-state index in [-0.39, 0.29) is 4.90 Å². The maximum Gasteiger partial charge on any atom is 0.243 e. The van der Waals surface area contributed by atoms with Gasteiger partial charge in [0.25, 0.3) is 0 Å². The molecule has 26 heavy (non-hydrogen) atoms. The second kappa shape index (κ2) is 6.59. The predicted octanol–water partition coefficient (Wildman–Crippen LogP) is 2.31. The van der Waals surface area contributed by atoms with Crippen LogP contribution in [-0.4, -0.2) is 48.9 Å². The number of halogens is 1. The zero-order chi connectivity index (χ0) is 18.3. The molecule has 1 aliphatic carbocycles. The third-order valence-electron chi connectivity index (χ3n) is 4.88. The van der Waals surface area contributed by atoms with Gasteiger partial charge in [-0.1, -0.05) is 18.2 Å². The van der Waals surface area contributed by atoms with Crippen molar-refractivity contribution in [3.63, 3.8) is 0 Å². The summed E-state index contributed by atoms with van der Waals surface area (Å²) in [5.74, 6) is 0.941. The molecule has 0 radical (unpaired) electrons. The molecule has 0 spiro atoms. The second-order valence-electron chi connectivity index (χ2n) is 6.78. The van der Waals surface area contributed by atoms with E-state index >= 15 is 0 Å². The monoisotopic (exact) mass is 376 g/mol. The van der Waals surface area contributed by atoms with Gasteiger partial charge >= 0.3 is 0 Å². The Morgan fingerprint density at radius 1 is 1.04 bits per heavy atom. The fourth-order valence-electron chi connectivity index (χ4n) is 3.18. The van der Waals surface area contributed by atoms with E-state index < -0.39 is 15.8 Å². The Bertz CT molecular complexity index is 908. The van der Waals surface area contributed by atoms with Gasteiger partial charge in [-0.25, -0.2) is 22.8 Å². The Morgan fingerprint density at radius 3 is 2.31 bits per heavy atom. The largest absolute Gasteiger partial charge is 0.351 e. The summed E-state index contributed by atoms with van der Waals surface area (Å²) in [7, 11) is -3.52. The first-order valence-electron chi connectivity index (χ1n) is 8.81. The quantitative estimate of drug-likeness (QED) is 0.819. The number of nitrogens with zero attached hydrogens (tertiary/aromatic N) is 4. The summed E-state index contributed by atoms with van der Waals surface area (Å²) in [5.41, 5.74) is 0.358. The van der Waals surface area contributed by atoms with Gasteiger partial charge in [-0.2, -0.15) is 4.31 Å². The van der Waals surface area contributed by atoms with Crippen molar-refractivity contribution in [3.8, 4) is 0 Å². The molecule has 2 aromatic rings. The van der Waals surface area contributed by atoms with E-state index in [9.17, 15) is 12.8 Å². The molecule has 0 atom stereocenters. The summed E-state index contributed by atoms with van der Waals surface area (Å²) in [6.45, 7) is 3.08. The van der Waals surface area contributed by atoms with Crippen molar-refractivity contribution in [2.75, 3.05) is 31.1 Å². The third kappa shape index (κ3) is 3.19. The second-order valence-corrected chi connectivity index (χ2v) is 8.72. The maximum absolute atomic E-state index is 14.5. The smallest absolute Gasteiger partial charge is 0.243 e. The molecule has 0 bridgehead atoms. The highest BCUT2D eigenvalue weighted by Gasteiger charge is 2.32. The molecule has 6 nitrogen and oxygen atoms in total. The molecule has 1 aromatic carbocycles. The highest BCUT2D eigenvalue weighted by Crippen LogP contribution is 2.39. The van der Waals surface area contributed by atoms with Gasteiger partial charge < -0.3 is 4.90 Å². The number of benzene rings is 1. The SMILES string of the molecule is Cc1nc(C2CC2)nc(N2CCN(S(=O)(=O)c3ccccc3)CC2)c1F. The number of hydrogen-bond acceptors (Lipinski definition) is 5. The molecular weight excluding hydrogens is 355 g/mol. The summed E-state index contributed by atoms with van der Waals surface area (Å²) < 4.78 is 41.4. The summed E-state index contributed by atoms with van der Waals surface area (Å²) in [6, 6.07) is 8.39. The number of hydrogen-bond donors (Lipinski definition) is 0. The minimum absolute atomic E-state index is 0.286. The predicted molar refractivity (Wildman–Crippen MR) is 96.1 cm³/mol. The van der Waals surface area contributed by atoms with E-state index in [4.69, 9.17) is 0 Å². The zero-order valence-electron chi connectivity index (χ0n) is 14.6. The van der Waals surface area contributed by atoms with Crippen LogP contribution in [0.1, 0.15) is 30.3 Å². The van der Waals surface area contributed by atoms with Crippen molar-refractivity contribution in [1.29, 1.82) is 0 Å². The van der Waals surface area contributed by atoms with Gasteiger partial charge in [0.1, 0.15) is 5.82 Å². The first-order chi connectivity index (χ1) is 12.5. The van der Waals surface area contributed by atoms with Crippen LogP contribution in [0.5, 0.6) is 0 Å². The molecule has 1 aliphatic heterocycles. The molecule has 8 heteroatoms. The highest BCUT2D eigenvalue weighted by atomic mass is 32.2. The standard InChI is InChI=1S/C18H21FN4O2S/c1-13-16(19)18(21-17(20-13)14-7-8-14)22-9-11-23(12-10-22)26(24,25)15-5-3-2-4-6-15/h2-6,14H,7-12H2,1H3. The van der Waals surface area contributed by atoms with E-state index in [1.54, 1.807) is 37.3 Å². The van der Waals surface area contributed by atoms with Crippen molar-refractivity contribution in [3.05, 3.63) is 47.7 Å². The van der Waals surface area contributed by atoms with Gasteiger partial charge in [0.2, 0.25) is 10.0 Å². The van der Waals surface area contributed by atoms with Gasteiger partial charge in [-0.15, -0.1) is 0 Å². The summed E-state index contributed by atoms with van der Waals surface area (Å²) in [4.78, 5) is 10.8. The Hall–Kier alpha value is -2.06. The van der Waals surface area contributed by atoms with Crippen LogP contribution >= 0.6 is 0 Å². The van der Waals surface area contributed by atoms with Gasteiger partial charge in [-0.05, 0) is 31.9 Å². The van der Waals surface area contributed by atoms with Crippen LogP contribution in [0.4, 0.5) is 10.2 Å². The molecule has 0 N–H and O–H groups in total. The lowest BCUT2D eigenvalue weighted by Crippen LogP contribution is -2.49. The lowest BCUT2D eigenvalue weighted by atomic mass is 10.3. The van der Waals surface area contributed by atoms with Crippen LogP contribution in [0.25, 0.3) is 0 Å².